The zero-order valence-electron chi connectivity index (χ0n) is 11.2. The van der Waals surface area contributed by atoms with E-state index in [2.05, 4.69) is 4.90 Å². The van der Waals surface area contributed by atoms with Crippen molar-refractivity contribution < 1.29 is 14.6 Å². The van der Waals surface area contributed by atoms with Crippen LogP contribution in [-0.2, 0) is 4.74 Å². The quantitative estimate of drug-likeness (QED) is 0.888. The number of nitrogens with zero attached hydrogens (tertiary/aromatic N) is 1. The van der Waals surface area contributed by atoms with Crippen LogP contribution in [0.4, 0.5) is 5.69 Å². The average molecular weight is 251 g/mol. The van der Waals surface area contributed by atoms with Gasteiger partial charge in [-0.15, -0.1) is 0 Å². The summed E-state index contributed by atoms with van der Waals surface area (Å²) >= 11 is 0. The van der Waals surface area contributed by atoms with Gasteiger partial charge >= 0.3 is 0 Å². The van der Waals surface area contributed by atoms with Gasteiger partial charge in [-0.05, 0) is 25.5 Å². The minimum Gasteiger partial charge on any atom is -0.496 e. The number of hydrogen-bond donors (Lipinski definition) is 1. The molecule has 1 saturated heterocycles. The molecule has 1 heterocycles. The minimum atomic E-state index is -0.544. The molecule has 0 aromatic heterocycles. The molecule has 2 atom stereocenters. The average Bonchev–Trinajstić information content (AvgIpc) is 2.86. The molecule has 1 aliphatic heterocycles. The van der Waals surface area contributed by atoms with Crippen LogP contribution in [-0.4, -0.2) is 38.5 Å². The number of aliphatic hydroxyl groups is 1. The van der Waals surface area contributed by atoms with Crippen molar-refractivity contribution in [3.8, 4) is 5.75 Å². The summed E-state index contributed by atoms with van der Waals surface area (Å²) in [6.07, 6.45) is 0.753. The summed E-state index contributed by atoms with van der Waals surface area (Å²) in [4.78, 5) is 2.25. The third kappa shape index (κ3) is 2.44. The van der Waals surface area contributed by atoms with Crippen LogP contribution in [0.25, 0.3) is 0 Å². The van der Waals surface area contributed by atoms with Gasteiger partial charge in [-0.3, -0.25) is 0 Å². The first-order chi connectivity index (χ1) is 8.67. The number of rotatable bonds is 4. The summed E-state index contributed by atoms with van der Waals surface area (Å²) in [5.41, 5.74) is 1.90. The van der Waals surface area contributed by atoms with Crippen molar-refractivity contribution in [3.63, 3.8) is 0 Å². The third-order valence-electron chi connectivity index (χ3n) is 3.50. The molecule has 0 saturated carbocycles. The van der Waals surface area contributed by atoms with Gasteiger partial charge in [-0.1, -0.05) is 6.07 Å². The van der Waals surface area contributed by atoms with E-state index in [4.69, 9.17) is 9.47 Å². The van der Waals surface area contributed by atoms with Crippen LogP contribution in [0.15, 0.2) is 18.2 Å². The molecule has 0 bridgehead atoms. The van der Waals surface area contributed by atoms with Crippen LogP contribution in [0.2, 0.25) is 0 Å². The van der Waals surface area contributed by atoms with Crippen molar-refractivity contribution in [2.75, 3.05) is 32.2 Å². The van der Waals surface area contributed by atoms with Crippen molar-refractivity contribution in [1.82, 2.24) is 0 Å². The summed E-state index contributed by atoms with van der Waals surface area (Å²) < 4.78 is 10.7. The van der Waals surface area contributed by atoms with Crippen molar-refractivity contribution in [2.24, 2.45) is 0 Å². The molecule has 100 valence electrons. The molecule has 1 aliphatic rings. The van der Waals surface area contributed by atoms with Gasteiger partial charge in [0.15, 0.2) is 0 Å². The minimum absolute atomic E-state index is 0.276. The first-order valence-corrected chi connectivity index (χ1v) is 6.30. The lowest BCUT2D eigenvalue weighted by Gasteiger charge is -2.24. The van der Waals surface area contributed by atoms with E-state index in [0.717, 1.165) is 36.5 Å². The second-order valence-electron chi connectivity index (χ2n) is 4.66. The lowest BCUT2D eigenvalue weighted by molar-refractivity contribution is 0.121. The Morgan fingerprint density at radius 2 is 2.17 bits per heavy atom. The molecule has 1 aromatic carbocycles. The van der Waals surface area contributed by atoms with Crippen LogP contribution >= 0.6 is 0 Å². The Labute approximate surface area is 108 Å². The summed E-state index contributed by atoms with van der Waals surface area (Å²) in [7, 11) is 3.38. The molecule has 1 N–H and O–H groups in total. The van der Waals surface area contributed by atoms with E-state index in [1.807, 2.05) is 18.2 Å². The molecule has 0 spiro atoms. The molecule has 2 rings (SSSR count). The maximum Gasteiger partial charge on any atom is 0.126 e. The van der Waals surface area contributed by atoms with Crippen molar-refractivity contribution >= 4 is 5.69 Å². The Balaban J connectivity index is 2.32. The highest BCUT2D eigenvalue weighted by Gasteiger charge is 2.26. The first kappa shape index (κ1) is 13.2. The third-order valence-corrected chi connectivity index (χ3v) is 3.50. The van der Waals surface area contributed by atoms with Gasteiger partial charge in [0.25, 0.3) is 0 Å². The van der Waals surface area contributed by atoms with Gasteiger partial charge in [0, 0.05) is 31.5 Å². The number of hydrogen-bond acceptors (Lipinski definition) is 4. The van der Waals surface area contributed by atoms with Gasteiger partial charge < -0.3 is 19.5 Å². The topological polar surface area (TPSA) is 41.9 Å². The van der Waals surface area contributed by atoms with Crippen LogP contribution in [0.1, 0.15) is 25.0 Å². The Morgan fingerprint density at radius 1 is 1.39 bits per heavy atom. The number of aliphatic hydroxyl groups excluding tert-OH is 1. The Morgan fingerprint density at radius 3 is 2.72 bits per heavy atom. The number of ether oxygens (including phenoxy) is 2. The van der Waals surface area contributed by atoms with Crippen LogP contribution < -0.4 is 9.64 Å². The van der Waals surface area contributed by atoms with Gasteiger partial charge in [0.2, 0.25) is 0 Å². The number of benzene rings is 1. The molecule has 4 heteroatoms. The van der Waals surface area contributed by atoms with E-state index in [1.165, 1.54) is 0 Å². The van der Waals surface area contributed by atoms with Gasteiger partial charge in [0.1, 0.15) is 5.75 Å². The van der Waals surface area contributed by atoms with Crippen LogP contribution in [0.3, 0.4) is 0 Å². The molecular formula is C14H21NO3. The fourth-order valence-electron chi connectivity index (χ4n) is 2.55. The van der Waals surface area contributed by atoms with E-state index in [1.54, 1.807) is 21.1 Å². The molecule has 0 aliphatic carbocycles. The monoisotopic (exact) mass is 251 g/mol. The standard InChI is InChI=1S/C14H21NO3/c1-10(16)14-12(5-4-6-13(14)18-3)15-8-7-11(9-15)17-2/h4-6,10-11,16H,7-9H2,1-3H3. The lowest BCUT2D eigenvalue weighted by Crippen LogP contribution is -2.23. The van der Waals surface area contributed by atoms with E-state index in [9.17, 15) is 5.11 Å². The molecule has 2 unspecified atom stereocenters. The highest BCUT2D eigenvalue weighted by molar-refractivity contribution is 5.61. The predicted molar refractivity (Wildman–Crippen MR) is 71.3 cm³/mol. The second-order valence-corrected chi connectivity index (χ2v) is 4.66. The molecule has 18 heavy (non-hydrogen) atoms. The Kier molecular flexibility index (Phi) is 4.09. The van der Waals surface area contributed by atoms with Crippen molar-refractivity contribution in [3.05, 3.63) is 23.8 Å². The summed E-state index contributed by atoms with van der Waals surface area (Å²) in [6, 6.07) is 5.87. The molecule has 1 fully saturated rings. The fraction of sp³-hybridized carbons (Fsp3) is 0.571. The molecular weight excluding hydrogens is 230 g/mol. The highest BCUT2D eigenvalue weighted by Crippen LogP contribution is 2.36. The fourth-order valence-corrected chi connectivity index (χ4v) is 2.55. The van der Waals surface area contributed by atoms with E-state index in [-0.39, 0.29) is 6.10 Å². The summed E-state index contributed by atoms with van der Waals surface area (Å²) in [5.74, 6) is 0.739. The van der Waals surface area contributed by atoms with E-state index < -0.39 is 6.10 Å². The van der Waals surface area contributed by atoms with E-state index in [0.29, 0.717) is 0 Å². The Hall–Kier alpha value is -1.26. The normalized spacial score (nSPS) is 21.1. The molecule has 4 nitrogen and oxygen atoms in total. The van der Waals surface area contributed by atoms with Crippen molar-refractivity contribution in [2.45, 2.75) is 25.6 Å². The largest absolute Gasteiger partial charge is 0.496 e. The lowest BCUT2D eigenvalue weighted by atomic mass is 10.1. The maximum atomic E-state index is 9.96. The molecule has 0 amide bonds. The maximum absolute atomic E-state index is 9.96. The summed E-state index contributed by atoms with van der Waals surface area (Å²) in [5, 5.41) is 9.96. The SMILES string of the molecule is COc1cccc(N2CCC(OC)C2)c1C(C)O. The van der Waals surface area contributed by atoms with E-state index >= 15 is 0 Å². The van der Waals surface area contributed by atoms with Gasteiger partial charge in [-0.2, -0.15) is 0 Å². The number of anilines is 1. The van der Waals surface area contributed by atoms with Gasteiger partial charge in [0.05, 0.1) is 19.3 Å². The molecule has 1 aromatic rings. The zero-order valence-corrected chi connectivity index (χ0v) is 11.2. The Bertz CT molecular complexity index is 406. The second kappa shape index (κ2) is 5.59. The first-order valence-electron chi connectivity index (χ1n) is 6.30. The van der Waals surface area contributed by atoms with Crippen LogP contribution in [0, 0.1) is 0 Å². The zero-order chi connectivity index (χ0) is 13.1. The van der Waals surface area contributed by atoms with Crippen LogP contribution in [0.5, 0.6) is 5.75 Å². The molecule has 0 radical (unpaired) electrons. The van der Waals surface area contributed by atoms with Crippen molar-refractivity contribution in [1.29, 1.82) is 0 Å². The summed E-state index contributed by atoms with van der Waals surface area (Å²) in [6.45, 7) is 3.58. The predicted octanol–water partition coefficient (Wildman–Crippen LogP) is 1.97. The van der Waals surface area contributed by atoms with Gasteiger partial charge in [-0.25, -0.2) is 0 Å². The smallest absolute Gasteiger partial charge is 0.126 e. The number of methoxy groups -OCH3 is 2. The highest BCUT2D eigenvalue weighted by atomic mass is 16.5.